The normalized spacial score (nSPS) is 32.6. The van der Waals surface area contributed by atoms with Crippen molar-refractivity contribution in [1.29, 1.82) is 0 Å². The summed E-state index contributed by atoms with van der Waals surface area (Å²) in [6.45, 7) is 4.44. The number of fused-ring (bicyclic) bond motifs is 4. The van der Waals surface area contributed by atoms with Crippen molar-refractivity contribution in [2.75, 3.05) is 13.1 Å². The summed E-state index contributed by atoms with van der Waals surface area (Å²) in [6.07, 6.45) is 3.83. The number of imide groups is 2. The fraction of sp³-hybridized carbons (Fsp3) is 0.538. The predicted octanol–water partition coefficient (Wildman–Crippen LogP) is 2.99. The van der Waals surface area contributed by atoms with Crippen LogP contribution in [0.25, 0.3) is 0 Å². The number of carbonyl (C=O) groups excluding carboxylic acids is 4. The average molecular weight is 469 g/mol. The smallest absolute Gasteiger partial charge is 0.234 e. The van der Waals surface area contributed by atoms with Crippen LogP contribution in [0.2, 0.25) is 0 Å². The number of para-hydroxylation sites is 1. The maximum absolute atomic E-state index is 14.4. The lowest BCUT2D eigenvalue weighted by Crippen LogP contribution is -2.43. The maximum atomic E-state index is 14.4. The highest BCUT2D eigenvalue weighted by Crippen LogP contribution is 2.58. The number of phenolic OH excluding ortho intramolecular Hbond substituents is 1. The Morgan fingerprint density at radius 1 is 0.882 bits per heavy atom. The Hall–Kier alpha value is -3.03. The van der Waals surface area contributed by atoms with Crippen molar-refractivity contribution < 1.29 is 28.7 Å². The van der Waals surface area contributed by atoms with Gasteiger partial charge in [0.1, 0.15) is 0 Å². The largest absolute Gasteiger partial charge is 0.505 e. The fourth-order valence-electron chi connectivity index (χ4n) is 6.74. The molecular weight excluding hydrogens is 439 g/mol. The highest BCUT2D eigenvalue weighted by molar-refractivity contribution is 6.08. The number of allylic oxidation sites excluding steroid dienone is 2. The molecule has 2 heterocycles. The van der Waals surface area contributed by atoms with Crippen LogP contribution in [0.1, 0.15) is 51.0 Å². The molecule has 5 rings (SSSR count). The van der Waals surface area contributed by atoms with Crippen molar-refractivity contribution in [3.05, 3.63) is 41.2 Å². The molecule has 1 aromatic rings. The van der Waals surface area contributed by atoms with Crippen molar-refractivity contribution in [2.45, 2.75) is 45.4 Å². The Morgan fingerprint density at radius 2 is 1.50 bits per heavy atom. The summed E-state index contributed by atoms with van der Waals surface area (Å²) < 4.78 is 14.4. The van der Waals surface area contributed by atoms with Gasteiger partial charge >= 0.3 is 0 Å². The van der Waals surface area contributed by atoms with Crippen LogP contribution in [-0.4, -0.2) is 51.6 Å². The van der Waals surface area contributed by atoms with Gasteiger partial charge in [-0.1, -0.05) is 37.6 Å². The summed E-state index contributed by atoms with van der Waals surface area (Å²) in [5.74, 6) is -5.97. The lowest BCUT2D eigenvalue weighted by atomic mass is 9.57. The number of hydrogen-bond acceptors (Lipinski definition) is 5. The van der Waals surface area contributed by atoms with E-state index in [9.17, 15) is 28.7 Å². The first-order valence-corrected chi connectivity index (χ1v) is 12.2. The maximum Gasteiger partial charge on any atom is 0.234 e. The summed E-state index contributed by atoms with van der Waals surface area (Å²) >= 11 is 0. The molecule has 1 aromatic carbocycles. The molecule has 180 valence electrons. The summed E-state index contributed by atoms with van der Waals surface area (Å²) in [4.78, 5) is 55.8. The molecule has 0 spiro atoms. The van der Waals surface area contributed by atoms with Crippen LogP contribution in [-0.2, 0) is 19.2 Å². The van der Waals surface area contributed by atoms with Gasteiger partial charge in [0.25, 0.3) is 0 Å². The minimum Gasteiger partial charge on any atom is -0.505 e. The van der Waals surface area contributed by atoms with E-state index in [2.05, 4.69) is 0 Å². The van der Waals surface area contributed by atoms with Gasteiger partial charge in [-0.3, -0.25) is 29.0 Å². The Labute approximate surface area is 197 Å². The van der Waals surface area contributed by atoms with E-state index >= 15 is 0 Å². The van der Waals surface area contributed by atoms with Crippen LogP contribution < -0.4 is 0 Å². The van der Waals surface area contributed by atoms with Gasteiger partial charge in [0.15, 0.2) is 11.6 Å². The average Bonchev–Trinajstić information content (AvgIpc) is 3.20. The predicted molar refractivity (Wildman–Crippen MR) is 120 cm³/mol. The van der Waals surface area contributed by atoms with E-state index in [1.807, 2.05) is 19.9 Å². The first-order valence-electron chi connectivity index (χ1n) is 12.2. The van der Waals surface area contributed by atoms with Crippen molar-refractivity contribution in [3.8, 4) is 5.75 Å². The number of phenols is 1. The molecule has 7 nitrogen and oxygen atoms in total. The van der Waals surface area contributed by atoms with E-state index in [-0.39, 0.29) is 29.2 Å². The van der Waals surface area contributed by atoms with Crippen molar-refractivity contribution in [1.82, 2.24) is 9.80 Å². The van der Waals surface area contributed by atoms with Crippen molar-refractivity contribution >= 4 is 23.6 Å². The quantitative estimate of drug-likeness (QED) is 0.530. The van der Waals surface area contributed by atoms with Gasteiger partial charge in [0.05, 0.1) is 23.7 Å². The molecule has 8 heteroatoms. The Morgan fingerprint density at radius 3 is 2.15 bits per heavy atom. The molecule has 0 bridgehead atoms. The van der Waals surface area contributed by atoms with Gasteiger partial charge < -0.3 is 5.11 Å². The minimum absolute atomic E-state index is 0.180. The van der Waals surface area contributed by atoms with Gasteiger partial charge in [0.2, 0.25) is 23.6 Å². The summed E-state index contributed by atoms with van der Waals surface area (Å²) in [5, 5.41) is 10.6. The molecule has 3 fully saturated rings. The van der Waals surface area contributed by atoms with Gasteiger partial charge in [-0.2, -0.15) is 0 Å². The third-order valence-corrected chi connectivity index (χ3v) is 8.08. The molecule has 0 aromatic heterocycles. The number of aromatic hydroxyl groups is 1. The van der Waals surface area contributed by atoms with Gasteiger partial charge in [-0.25, -0.2) is 4.39 Å². The van der Waals surface area contributed by atoms with E-state index in [4.69, 9.17) is 0 Å². The second kappa shape index (κ2) is 8.32. The van der Waals surface area contributed by atoms with E-state index in [1.54, 1.807) is 6.07 Å². The zero-order valence-electron chi connectivity index (χ0n) is 19.4. The van der Waals surface area contributed by atoms with E-state index in [1.165, 1.54) is 15.9 Å². The molecule has 34 heavy (non-hydrogen) atoms. The Kier molecular flexibility index (Phi) is 5.57. The Bertz CT molecular complexity index is 1110. The third-order valence-electron chi connectivity index (χ3n) is 8.08. The molecule has 4 amide bonds. The zero-order chi connectivity index (χ0) is 24.3. The first kappa shape index (κ1) is 22.7. The Balaban J connectivity index is 1.64. The van der Waals surface area contributed by atoms with Crippen molar-refractivity contribution in [3.63, 3.8) is 0 Å². The molecule has 4 aliphatic rings. The SMILES string of the molecule is CCCN1C(=O)[C@H]2[C@H](CC=C3[C@H]2C[C@H]2C(=O)N(CCC)C(=O)[C@H]2[C@H]3c2cccc(F)c2O)C1=O. The number of carbonyl (C=O) groups is 4. The molecular formula is C26H29FN2O5. The number of halogens is 1. The monoisotopic (exact) mass is 468 g/mol. The fourth-order valence-corrected chi connectivity index (χ4v) is 6.74. The number of likely N-dealkylation sites (tertiary alicyclic amines) is 2. The van der Waals surface area contributed by atoms with E-state index in [0.717, 1.165) is 11.6 Å². The van der Waals surface area contributed by atoms with E-state index in [0.29, 0.717) is 38.8 Å². The standard InChI is InChI=1S/C26H29FN2O5/c1-3-10-28-23(31)15-9-8-13-16(20(15)25(28)33)12-17-21(26(34)29(11-4-2)24(17)32)19(13)14-6-5-7-18(27)22(14)30/h5-8,15-17,19-21,30H,3-4,9-12H2,1-2H3/t15-,16+,17+,19+,20-,21+/m0/s1. The second-order valence-corrected chi connectivity index (χ2v) is 9.86. The second-order valence-electron chi connectivity index (χ2n) is 9.86. The van der Waals surface area contributed by atoms with Crippen LogP contribution in [0, 0.1) is 35.4 Å². The zero-order valence-corrected chi connectivity index (χ0v) is 19.4. The van der Waals surface area contributed by atoms with Gasteiger partial charge in [-0.05, 0) is 37.7 Å². The van der Waals surface area contributed by atoms with Crippen LogP contribution >= 0.6 is 0 Å². The first-order chi connectivity index (χ1) is 16.3. The minimum atomic E-state index is -0.797. The van der Waals surface area contributed by atoms with Crippen LogP contribution in [0.15, 0.2) is 29.8 Å². The molecule has 2 saturated heterocycles. The lowest BCUT2D eigenvalue weighted by Gasteiger charge is -2.44. The summed E-state index contributed by atoms with van der Waals surface area (Å²) in [5.41, 5.74) is 1.02. The number of amides is 4. The number of benzene rings is 1. The summed E-state index contributed by atoms with van der Waals surface area (Å²) in [6, 6.07) is 4.21. The van der Waals surface area contributed by atoms with Gasteiger partial charge in [-0.15, -0.1) is 0 Å². The number of nitrogens with zero attached hydrogens (tertiary/aromatic N) is 2. The van der Waals surface area contributed by atoms with Crippen LogP contribution in [0.4, 0.5) is 4.39 Å². The number of rotatable bonds is 5. The van der Waals surface area contributed by atoms with Gasteiger partial charge in [0, 0.05) is 24.6 Å². The topological polar surface area (TPSA) is 95.0 Å². The molecule has 1 N–H and O–H groups in total. The highest BCUT2D eigenvalue weighted by atomic mass is 19.1. The molecule has 0 radical (unpaired) electrons. The van der Waals surface area contributed by atoms with Crippen LogP contribution in [0.3, 0.4) is 0 Å². The summed E-state index contributed by atoms with van der Waals surface area (Å²) in [7, 11) is 0. The van der Waals surface area contributed by atoms with Crippen molar-refractivity contribution in [2.24, 2.45) is 29.6 Å². The molecule has 0 unspecified atom stereocenters. The number of hydrogen-bond donors (Lipinski definition) is 1. The highest BCUT2D eigenvalue weighted by Gasteiger charge is 2.61. The lowest BCUT2D eigenvalue weighted by molar-refractivity contribution is -0.142. The molecule has 2 aliphatic heterocycles. The molecule has 2 aliphatic carbocycles. The van der Waals surface area contributed by atoms with E-state index < -0.39 is 47.1 Å². The third kappa shape index (κ3) is 3.07. The van der Waals surface area contributed by atoms with Crippen LogP contribution in [0.5, 0.6) is 5.75 Å². The molecule has 6 atom stereocenters. The molecule has 1 saturated carbocycles.